The molecule has 0 aromatic heterocycles. The lowest BCUT2D eigenvalue weighted by Crippen LogP contribution is -2.51. The quantitative estimate of drug-likeness (QED) is 0.705. The minimum absolute atomic E-state index is 0.148. The van der Waals surface area contributed by atoms with Gasteiger partial charge in [-0.05, 0) is 62.1 Å². The van der Waals surface area contributed by atoms with Gasteiger partial charge in [-0.25, -0.2) is 13.2 Å². The second-order valence-corrected chi connectivity index (χ2v) is 10.3. The first-order valence-electron chi connectivity index (χ1n) is 10.2. The van der Waals surface area contributed by atoms with Crippen LogP contribution in [0.25, 0.3) is 0 Å². The number of fused-ring (bicyclic) bond motifs is 2. The number of carbonyl (C=O) groups excluding carboxylic acids is 1. The molecule has 2 bridgehead atoms. The third kappa shape index (κ3) is 4.15. The number of ether oxygens (including phenoxy) is 1. The van der Waals surface area contributed by atoms with Crippen molar-refractivity contribution >= 4 is 21.6 Å². The molecule has 6 nitrogen and oxygen atoms in total. The Labute approximate surface area is 184 Å². The van der Waals surface area contributed by atoms with Crippen LogP contribution in [0, 0.1) is 0 Å². The number of piperidine rings is 1. The van der Waals surface area contributed by atoms with Crippen LogP contribution in [-0.4, -0.2) is 43.8 Å². The van der Waals surface area contributed by atoms with E-state index in [1.54, 1.807) is 23.1 Å². The number of nitrogens with zero attached hydrogens (tertiary/aromatic N) is 1. The van der Waals surface area contributed by atoms with Gasteiger partial charge in [0, 0.05) is 17.8 Å². The van der Waals surface area contributed by atoms with Crippen molar-refractivity contribution in [1.82, 2.24) is 4.90 Å². The van der Waals surface area contributed by atoms with Crippen molar-refractivity contribution in [1.29, 1.82) is 0 Å². The monoisotopic (exact) mass is 468 g/mol. The first kappa shape index (κ1) is 22.4. The van der Waals surface area contributed by atoms with Crippen molar-refractivity contribution in [3.63, 3.8) is 0 Å². The Balaban J connectivity index is 1.48. The van der Waals surface area contributed by atoms with Gasteiger partial charge in [-0.3, -0.25) is 0 Å². The van der Waals surface area contributed by atoms with Crippen molar-refractivity contribution in [2.45, 2.75) is 54.1 Å². The predicted octanol–water partition coefficient (Wildman–Crippen LogP) is 4.72. The van der Waals surface area contributed by atoms with Gasteiger partial charge in [0.15, 0.2) is 9.84 Å². The molecule has 0 unspecified atom stereocenters. The van der Waals surface area contributed by atoms with Crippen LogP contribution in [0.5, 0.6) is 5.75 Å². The number of amides is 2. The molecule has 2 aromatic rings. The summed E-state index contributed by atoms with van der Waals surface area (Å²) in [6.45, 7) is 0. The van der Waals surface area contributed by atoms with E-state index in [-0.39, 0.29) is 22.7 Å². The summed E-state index contributed by atoms with van der Waals surface area (Å²) in [6, 6.07) is 9.80. The normalized spacial score (nSPS) is 23.1. The lowest BCUT2D eigenvalue weighted by molar-refractivity contribution is -0.137. The number of sulfone groups is 1. The van der Waals surface area contributed by atoms with Crippen molar-refractivity contribution in [3.05, 3.63) is 54.1 Å². The van der Waals surface area contributed by atoms with Gasteiger partial charge in [0.25, 0.3) is 0 Å². The summed E-state index contributed by atoms with van der Waals surface area (Å²) in [4.78, 5) is 14.7. The zero-order chi connectivity index (χ0) is 23.1. The number of alkyl halides is 3. The minimum Gasteiger partial charge on any atom is -0.495 e. The van der Waals surface area contributed by atoms with Crippen LogP contribution in [0.15, 0.2) is 53.4 Å². The number of rotatable bonds is 4. The minimum atomic E-state index is -4.45. The number of hydrogen-bond donors (Lipinski definition) is 1. The van der Waals surface area contributed by atoms with Gasteiger partial charge >= 0.3 is 12.2 Å². The molecule has 2 aliphatic heterocycles. The van der Waals surface area contributed by atoms with Crippen LogP contribution >= 0.6 is 0 Å². The van der Waals surface area contributed by atoms with E-state index in [2.05, 4.69) is 5.32 Å². The SMILES string of the molecule is COc1ccccc1S(=O)(=O)C1C[C@H]2CC[C@H](C1)N2C(=O)Nc1ccc(C(F)(F)F)cc1. The van der Waals surface area contributed by atoms with Crippen molar-refractivity contribution < 1.29 is 31.1 Å². The highest BCUT2D eigenvalue weighted by molar-refractivity contribution is 7.92. The van der Waals surface area contributed by atoms with Gasteiger partial charge in [0.1, 0.15) is 10.6 Å². The summed E-state index contributed by atoms with van der Waals surface area (Å²) in [6.07, 6.45) is -2.48. The fourth-order valence-electron chi connectivity index (χ4n) is 4.68. The van der Waals surface area contributed by atoms with Crippen molar-refractivity contribution in [2.24, 2.45) is 0 Å². The molecule has 2 saturated heterocycles. The number of benzene rings is 2. The molecule has 32 heavy (non-hydrogen) atoms. The van der Waals surface area contributed by atoms with E-state index in [1.807, 2.05) is 0 Å². The van der Waals surface area contributed by atoms with Crippen LogP contribution in [0.4, 0.5) is 23.7 Å². The van der Waals surface area contributed by atoms with Crippen LogP contribution in [-0.2, 0) is 16.0 Å². The lowest BCUT2D eigenvalue weighted by atomic mass is 10.0. The Morgan fingerprint density at radius 1 is 1.03 bits per heavy atom. The summed E-state index contributed by atoms with van der Waals surface area (Å²) in [5.74, 6) is 0.294. The van der Waals surface area contributed by atoms with Gasteiger partial charge in [0.05, 0.1) is 17.9 Å². The van der Waals surface area contributed by atoms with Crippen molar-refractivity contribution in [2.75, 3.05) is 12.4 Å². The van der Waals surface area contributed by atoms with E-state index >= 15 is 0 Å². The average molecular weight is 468 g/mol. The molecule has 2 fully saturated rings. The van der Waals surface area contributed by atoms with Gasteiger partial charge in [0.2, 0.25) is 0 Å². The molecule has 0 spiro atoms. The number of hydrogen-bond acceptors (Lipinski definition) is 4. The Morgan fingerprint density at radius 3 is 2.19 bits per heavy atom. The first-order valence-corrected chi connectivity index (χ1v) is 11.8. The van der Waals surface area contributed by atoms with Gasteiger partial charge in [-0.1, -0.05) is 12.1 Å². The topological polar surface area (TPSA) is 75.7 Å². The first-order chi connectivity index (χ1) is 15.1. The highest BCUT2D eigenvalue weighted by atomic mass is 32.2. The molecule has 4 rings (SSSR count). The van der Waals surface area contributed by atoms with E-state index in [1.165, 1.54) is 25.3 Å². The number of carbonyl (C=O) groups is 1. The van der Waals surface area contributed by atoms with Crippen LogP contribution < -0.4 is 10.1 Å². The molecule has 0 saturated carbocycles. The predicted molar refractivity (Wildman–Crippen MR) is 112 cm³/mol. The summed E-state index contributed by atoms with van der Waals surface area (Å²) in [5, 5.41) is 2.01. The Hall–Kier alpha value is -2.75. The number of halogens is 3. The molecule has 10 heteroatoms. The molecule has 1 N–H and O–H groups in total. The van der Waals surface area contributed by atoms with Crippen molar-refractivity contribution in [3.8, 4) is 5.75 Å². The fourth-order valence-corrected chi connectivity index (χ4v) is 6.69. The maximum Gasteiger partial charge on any atom is 0.416 e. The third-order valence-electron chi connectivity index (χ3n) is 6.20. The molecular weight excluding hydrogens is 445 g/mol. The number of para-hydroxylation sites is 1. The van der Waals surface area contributed by atoms with E-state index in [0.717, 1.165) is 12.1 Å². The molecular formula is C22H23F3N2O4S. The summed E-state index contributed by atoms with van der Waals surface area (Å²) >= 11 is 0. The summed E-state index contributed by atoms with van der Waals surface area (Å²) in [5.41, 5.74) is -0.538. The Bertz CT molecular complexity index is 1090. The van der Waals surface area contributed by atoms with E-state index in [0.29, 0.717) is 31.4 Å². The molecule has 172 valence electrons. The Kier molecular flexibility index (Phi) is 5.83. The number of methoxy groups -OCH3 is 1. The van der Waals surface area contributed by atoms with Crippen LogP contribution in [0.1, 0.15) is 31.2 Å². The zero-order valence-corrected chi connectivity index (χ0v) is 18.1. The van der Waals surface area contributed by atoms with Crippen LogP contribution in [0.3, 0.4) is 0 Å². The largest absolute Gasteiger partial charge is 0.495 e. The highest BCUT2D eigenvalue weighted by Gasteiger charge is 2.47. The maximum atomic E-state index is 13.3. The third-order valence-corrected chi connectivity index (χ3v) is 8.42. The van der Waals surface area contributed by atoms with Gasteiger partial charge in [-0.2, -0.15) is 13.2 Å². The second-order valence-electron chi connectivity index (χ2n) is 8.09. The Morgan fingerprint density at radius 2 is 1.62 bits per heavy atom. The molecule has 2 aliphatic rings. The lowest BCUT2D eigenvalue weighted by Gasteiger charge is -2.38. The number of urea groups is 1. The summed E-state index contributed by atoms with van der Waals surface area (Å²) < 4.78 is 70.0. The molecule has 0 aliphatic carbocycles. The van der Waals surface area contributed by atoms with Gasteiger partial charge < -0.3 is 15.0 Å². The van der Waals surface area contributed by atoms with E-state index in [9.17, 15) is 26.4 Å². The standard InChI is InChI=1S/C22H23F3N2O4S/c1-31-19-4-2-3-5-20(19)32(29,30)18-12-16-10-11-17(13-18)27(16)21(28)26-15-8-6-14(7-9-15)22(23,24)25/h2-9,16-18H,10-13H2,1H3,(H,26,28)/t16-,17-/m1/s1. The second kappa shape index (κ2) is 8.31. The zero-order valence-electron chi connectivity index (χ0n) is 17.3. The average Bonchev–Trinajstić information content (AvgIpc) is 3.02. The fraction of sp³-hybridized carbons (Fsp3) is 0.409. The molecule has 0 radical (unpaired) electrons. The van der Waals surface area contributed by atoms with E-state index in [4.69, 9.17) is 4.74 Å². The van der Waals surface area contributed by atoms with Crippen LogP contribution in [0.2, 0.25) is 0 Å². The smallest absolute Gasteiger partial charge is 0.416 e. The van der Waals surface area contributed by atoms with E-state index < -0.39 is 32.9 Å². The van der Waals surface area contributed by atoms with Gasteiger partial charge in [-0.15, -0.1) is 0 Å². The number of anilines is 1. The number of nitrogens with one attached hydrogen (secondary N) is 1. The molecule has 2 aromatic carbocycles. The molecule has 2 heterocycles. The molecule has 2 atom stereocenters. The maximum absolute atomic E-state index is 13.3. The summed E-state index contributed by atoms with van der Waals surface area (Å²) in [7, 11) is -2.22. The highest BCUT2D eigenvalue weighted by Crippen LogP contribution is 2.41. The molecule has 2 amide bonds.